The van der Waals surface area contributed by atoms with Crippen molar-refractivity contribution in [3.05, 3.63) is 28.8 Å². The van der Waals surface area contributed by atoms with Crippen LogP contribution in [0.1, 0.15) is 40.7 Å². The summed E-state index contributed by atoms with van der Waals surface area (Å²) in [5, 5.41) is 8.77. The van der Waals surface area contributed by atoms with Crippen LogP contribution >= 0.6 is 0 Å². The van der Waals surface area contributed by atoms with E-state index in [-0.39, 0.29) is 29.5 Å². The van der Waals surface area contributed by atoms with Gasteiger partial charge in [-0.05, 0) is 56.4 Å². The molecular weight excluding hydrogens is 358 g/mol. The second-order valence-electron chi connectivity index (χ2n) is 7.12. The van der Waals surface area contributed by atoms with E-state index < -0.39 is 22.4 Å². The van der Waals surface area contributed by atoms with Gasteiger partial charge >= 0.3 is 5.97 Å². The van der Waals surface area contributed by atoms with E-state index >= 15 is 0 Å². The minimum atomic E-state index is -3.07. The number of aryl methyl sites for hydroxylation is 2. The monoisotopic (exact) mass is 381 g/mol. The first kappa shape index (κ1) is 18.7. The molecule has 1 N–H and O–H groups in total. The molecule has 1 aromatic carbocycles. The molecule has 2 aliphatic rings. The quantitative estimate of drug-likeness (QED) is 0.802. The number of nitrogens with zero attached hydrogens (tertiary/aromatic N) is 1. The van der Waals surface area contributed by atoms with E-state index in [9.17, 15) is 18.0 Å². The maximum atomic E-state index is 13.1. The Morgan fingerprint density at radius 3 is 2.23 bits per heavy atom. The first-order valence-corrected chi connectivity index (χ1v) is 10.5. The van der Waals surface area contributed by atoms with Gasteiger partial charge in [0.2, 0.25) is 0 Å². The summed E-state index contributed by atoms with van der Waals surface area (Å²) >= 11 is 0. The second-order valence-corrected chi connectivity index (χ2v) is 9.35. The van der Waals surface area contributed by atoms with E-state index in [1.165, 1.54) is 0 Å². The molecule has 1 atom stereocenters. The fourth-order valence-electron chi connectivity index (χ4n) is 3.56. The highest BCUT2D eigenvalue weighted by atomic mass is 32.2. The van der Waals surface area contributed by atoms with E-state index in [2.05, 4.69) is 0 Å². The van der Waals surface area contributed by atoms with Crippen molar-refractivity contribution in [2.45, 2.75) is 45.2 Å². The van der Waals surface area contributed by atoms with Gasteiger partial charge in [-0.1, -0.05) is 0 Å². The van der Waals surface area contributed by atoms with Crippen LogP contribution in [0.5, 0.6) is 5.75 Å². The predicted molar refractivity (Wildman–Crippen MR) is 95.3 cm³/mol. The Bertz CT molecular complexity index is 820. The van der Waals surface area contributed by atoms with Gasteiger partial charge < -0.3 is 14.7 Å². The van der Waals surface area contributed by atoms with E-state index in [1.807, 2.05) is 0 Å². The van der Waals surface area contributed by atoms with Crippen LogP contribution in [0, 0.1) is 13.8 Å². The molecule has 0 aromatic heterocycles. The molecule has 1 unspecified atom stereocenters. The Kier molecular flexibility index (Phi) is 4.96. The van der Waals surface area contributed by atoms with Crippen molar-refractivity contribution < 1.29 is 27.9 Å². The molecule has 3 rings (SSSR count). The van der Waals surface area contributed by atoms with Crippen LogP contribution in [0.3, 0.4) is 0 Å². The summed E-state index contributed by atoms with van der Waals surface area (Å²) in [5.74, 6) is -0.594. The molecule has 0 spiro atoms. The average molecular weight is 381 g/mol. The van der Waals surface area contributed by atoms with Crippen LogP contribution in [-0.2, 0) is 14.6 Å². The Morgan fingerprint density at radius 1 is 1.15 bits per heavy atom. The van der Waals surface area contributed by atoms with Crippen LogP contribution in [0.25, 0.3) is 0 Å². The molecule has 1 amide bonds. The number of carbonyl (C=O) groups excluding carboxylic acids is 1. The van der Waals surface area contributed by atoms with Crippen LogP contribution in [0.2, 0.25) is 0 Å². The highest BCUT2D eigenvalue weighted by molar-refractivity contribution is 7.91. The molecule has 1 heterocycles. The fraction of sp³-hybridized carbons (Fsp3) is 0.556. The summed E-state index contributed by atoms with van der Waals surface area (Å²) in [5.41, 5.74) is 1.85. The Labute approximate surface area is 152 Å². The first-order chi connectivity index (χ1) is 12.2. The minimum Gasteiger partial charge on any atom is -0.481 e. The number of aliphatic carboxylic acids is 1. The third-order valence-corrected chi connectivity index (χ3v) is 6.57. The molecule has 142 valence electrons. The standard InChI is InChI=1S/C18H23NO6S/c1-11-7-13(8-12(2)17(11)25-9-16(20)21)18(22)19(14-3-4-14)15-5-6-26(23,24)10-15/h7-8,14-15H,3-6,9-10H2,1-2H3,(H,20,21). The molecule has 1 saturated heterocycles. The highest BCUT2D eigenvalue weighted by Crippen LogP contribution is 2.34. The number of carboxylic acids is 1. The molecule has 2 fully saturated rings. The van der Waals surface area contributed by atoms with Crippen LogP contribution < -0.4 is 4.74 Å². The summed E-state index contributed by atoms with van der Waals surface area (Å²) < 4.78 is 29.0. The highest BCUT2D eigenvalue weighted by Gasteiger charge is 2.42. The number of hydrogen-bond donors (Lipinski definition) is 1. The van der Waals surface area contributed by atoms with E-state index in [1.54, 1.807) is 30.9 Å². The van der Waals surface area contributed by atoms with E-state index in [0.717, 1.165) is 12.8 Å². The third kappa shape index (κ3) is 4.00. The Balaban J connectivity index is 1.85. The maximum absolute atomic E-state index is 13.1. The van der Waals surface area contributed by atoms with Gasteiger partial charge in [-0.25, -0.2) is 13.2 Å². The SMILES string of the molecule is Cc1cc(C(=O)N(C2CC2)C2CCS(=O)(=O)C2)cc(C)c1OCC(=O)O. The average Bonchev–Trinajstić information content (AvgIpc) is 3.29. The molecule has 1 saturated carbocycles. The summed E-state index contributed by atoms with van der Waals surface area (Å²) in [6.45, 7) is 3.09. The summed E-state index contributed by atoms with van der Waals surface area (Å²) in [4.78, 5) is 25.6. The zero-order valence-corrected chi connectivity index (χ0v) is 15.7. The van der Waals surface area contributed by atoms with Crippen molar-refractivity contribution in [3.63, 3.8) is 0 Å². The number of rotatable bonds is 6. The third-order valence-electron chi connectivity index (χ3n) is 4.82. The zero-order chi connectivity index (χ0) is 19.1. The molecule has 1 aliphatic heterocycles. The van der Waals surface area contributed by atoms with Crippen molar-refractivity contribution >= 4 is 21.7 Å². The van der Waals surface area contributed by atoms with Crippen LogP contribution in [-0.4, -0.2) is 60.5 Å². The molecule has 26 heavy (non-hydrogen) atoms. The molecule has 1 aliphatic carbocycles. The number of hydrogen-bond acceptors (Lipinski definition) is 5. The normalized spacial score (nSPS) is 21.4. The van der Waals surface area contributed by atoms with Gasteiger partial charge in [0.05, 0.1) is 11.5 Å². The van der Waals surface area contributed by atoms with Gasteiger partial charge in [0, 0.05) is 17.6 Å². The van der Waals surface area contributed by atoms with Gasteiger partial charge in [0.15, 0.2) is 16.4 Å². The summed E-state index contributed by atoms with van der Waals surface area (Å²) in [6.07, 6.45) is 2.29. The van der Waals surface area contributed by atoms with E-state index in [0.29, 0.717) is 28.9 Å². The molecule has 8 heteroatoms. The first-order valence-electron chi connectivity index (χ1n) is 8.67. The lowest BCUT2D eigenvalue weighted by atomic mass is 10.0. The van der Waals surface area contributed by atoms with Gasteiger partial charge in [0.1, 0.15) is 5.75 Å². The number of benzene rings is 1. The molecular formula is C18H23NO6S. The summed E-state index contributed by atoms with van der Waals surface area (Å²) in [6, 6.07) is 3.23. The Hall–Kier alpha value is -2.09. The second kappa shape index (κ2) is 6.90. The Morgan fingerprint density at radius 2 is 1.77 bits per heavy atom. The van der Waals surface area contributed by atoms with Gasteiger partial charge in [-0.2, -0.15) is 0 Å². The van der Waals surface area contributed by atoms with Gasteiger partial charge in [0.25, 0.3) is 5.91 Å². The van der Waals surface area contributed by atoms with Gasteiger partial charge in [-0.15, -0.1) is 0 Å². The molecule has 0 bridgehead atoms. The lowest BCUT2D eigenvalue weighted by Gasteiger charge is -2.29. The predicted octanol–water partition coefficient (Wildman–Crippen LogP) is 1.56. The van der Waals surface area contributed by atoms with Crippen molar-refractivity contribution in [2.75, 3.05) is 18.1 Å². The maximum Gasteiger partial charge on any atom is 0.341 e. The number of amides is 1. The number of sulfone groups is 1. The lowest BCUT2D eigenvalue weighted by molar-refractivity contribution is -0.139. The van der Waals surface area contributed by atoms with Crippen LogP contribution in [0.15, 0.2) is 12.1 Å². The lowest BCUT2D eigenvalue weighted by Crippen LogP contribution is -2.42. The van der Waals surface area contributed by atoms with E-state index in [4.69, 9.17) is 9.84 Å². The molecule has 7 nitrogen and oxygen atoms in total. The number of carbonyl (C=O) groups is 2. The molecule has 0 radical (unpaired) electrons. The summed E-state index contributed by atoms with van der Waals surface area (Å²) in [7, 11) is -3.07. The van der Waals surface area contributed by atoms with Crippen molar-refractivity contribution in [2.24, 2.45) is 0 Å². The van der Waals surface area contributed by atoms with Crippen molar-refractivity contribution in [3.8, 4) is 5.75 Å². The largest absolute Gasteiger partial charge is 0.481 e. The minimum absolute atomic E-state index is 0.0347. The number of carboxylic acid groups (broad SMARTS) is 1. The molecule has 1 aromatic rings. The van der Waals surface area contributed by atoms with Crippen molar-refractivity contribution in [1.29, 1.82) is 0 Å². The van der Waals surface area contributed by atoms with Crippen LogP contribution in [0.4, 0.5) is 0 Å². The smallest absolute Gasteiger partial charge is 0.341 e. The fourth-order valence-corrected chi connectivity index (χ4v) is 5.27. The topological polar surface area (TPSA) is 101 Å². The van der Waals surface area contributed by atoms with Crippen molar-refractivity contribution in [1.82, 2.24) is 4.90 Å². The van der Waals surface area contributed by atoms with Gasteiger partial charge in [-0.3, -0.25) is 4.79 Å². The number of ether oxygens (including phenoxy) is 1. The zero-order valence-electron chi connectivity index (χ0n) is 14.9.